The van der Waals surface area contributed by atoms with Crippen LogP contribution < -0.4 is 5.32 Å². The number of fused-ring (bicyclic) bond motifs is 2. The molecule has 8 nitrogen and oxygen atoms in total. The van der Waals surface area contributed by atoms with Gasteiger partial charge in [0.25, 0.3) is 5.91 Å². The Hall–Kier alpha value is -3.02. The standard InChI is InChI=1S/C20H24FN5O.C2HF3O2/c21-17-7-2-1-4-13(17)9-25-10-14-8-18-23-24-19(26(18)12-15(14)11-25)20(27)22-16-5-3-6-16;3-2(4,5)1(6)7/h1-2,4,7,14-16H,3,5-6,8-12H2,(H,22,27);(H,6,7). The zero-order valence-corrected chi connectivity index (χ0v) is 18.3. The van der Waals surface area contributed by atoms with Crippen molar-refractivity contribution in [3.8, 4) is 0 Å². The quantitative estimate of drug-likeness (QED) is 0.649. The first-order chi connectivity index (χ1) is 16.1. The van der Waals surface area contributed by atoms with Crippen LogP contribution in [0.15, 0.2) is 24.3 Å². The maximum absolute atomic E-state index is 14.0. The number of hydrogen-bond acceptors (Lipinski definition) is 5. The topological polar surface area (TPSA) is 100 Å². The molecule has 2 aromatic rings. The molecule has 0 radical (unpaired) electrons. The van der Waals surface area contributed by atoms with Crippen molar-refractivity contribution in [2.24, 2.45) is 11.8 Å². The van der Waals surface area contributed by atoms with Crippen molar-refractivity contribution in [3.05, 3.63) is 47.3 Å². The largest absolute Gasteiger partial charge is 0.490 e. The predicted octanol–water partition coefficient (Wildman–Crippen LogP) is 2.64. The van der Waals surface area contributed by atoms with Crippen molar-refractivity contribution < 1.29 is 32.3 Å². The molecule has 5 rings (SSSR count). The van der Waals surface area contributed by atoms with Crippen molar-refractivity contribution in [1.82, 2.24) is 25.0 Å². The number of carboxylic acids is 1. The minimum absolute atomic E-state index is 0.0990. The van der Waals surface area contributed by atoms with Gasteiger partial charge in [-0.2, -0.15) is 13.2 Å². The highest BCUT2D eigenvalue weighted by Crippen LogP contribution is 2.33. The number of amides is 1. The van der Waals surface area contributed by atoms with Gasteiger partial charge in [0.05, 0.1) is 0 Å². The summed E-state index contributed by atoms with van der Waals surface area (Å²) in [5.41, 5.74) is 0.746. The fourth-order valence-corrected chi connectivity index (χ4v) is 4.59. The molecule has 2 fully saturated rings. The maximum Gasteiger partial charge on any atom is 0.490 e. The molecule has 34 heavy (non-hydrogen) atoms. The number of halogens is 4. The Labute approximate surface area is 193 Å². The van der Waals surface area contributed by atoms with Gasteiger partial charge in [-0.25, -0.2) is 9.18 Å². The minimum atomic E-state index is -5.08. The van der Waals surface area contributed by atoms with Crippen molar-refractivity contribution in [1.29, 1.82) is 0 Å². The lowest BCUT2D eigenvalue weighted by Gasteiger charge is -2.28. The van der Waals surface area contributed by atoms with Gasteiger partial charge in [0.2, 0.25) is 5.82 Å². The molecule has 1 aromatic heterocycles. The molecule has 1 saturated carbocycles. The normalized spacial score (nSPS) is 22.1. The van der Waals surface area contributed by atoms with Gasteiger partial charge in [-0.15, -0.1) is 10.2 Å². The fraction of sp³-hybridized carbons (Fsp3) is 0.545. The Morgan fingerprint density at radius 3 is 2.38 bits per heavy atom. The Balaban J connectivity index is 0.000000344. The molecule has 0 bridgehead atoms. The van der Waals surface area contributed by atoms with Crippen molar-refractivity contribution in [2.45, 2.75) is 51.0 Å². The van der Waals surface area contributed by atoms with E-state index in [1.165, 1.54) is 12.5 Å². The van der Waals surface area contributed by atoms with Crippen molar-refractivity contribution in [2.75, 3.05) is 13.1 Å². The number of aromatic nitrogens is 3. The van der Waals surface area contributed by atoms with Crippen LogP contribution in [-0.2, 0) is 24.3 Å². The monoisotopic (exact) mass is 483 g/mol. The number of likely N-dealkylation sites (tertiary alicyclic amines) is 1. The van der Waals surface area contributed by atoms with Gasteiger partial charge in [-0.05, 0) is 37.2 Å². The number of alkyl halides is 3. The SMILES string of the molecule is O=C(NC1CCC1)c1nnc2n1CC1CN(Cc3ccccc3F)CC1C2.O=C(O)C(F)(F)F. The third kappa shape index (κ3) is 5.37. The highest BCUT2D eigenvalue weighted by atomic mass is 19.4. The van der Waals surface area contributed by atoms with Crippen molar-refractivity contribution >= 4 is 11.9 Å². The number of nitrogens with one attached hydrogen (secondary N) is 1. The summed E-state index contributed by atoms with van der Waals surface area (Å²) >= 11 is 0. The summed E-state index contributed by atoms with van der Waals surface area (Å²) in [6, 6.07) is 7.28. The van der Waals surface area contributed by atoms with Gasteiger partial charge < -0.3 is 15.0 Å². The first kappa shape index (κ1) is 24.1. The smallest absolute Gasteiger partial charge is 0.475 e. The van der Waals surface area contributed by atoms with Crippen molar-refractivity contribution in [3.63, 3.8) is 0 Å². The van der Waals surface area contributed by atoms with E-state index < -0.39 is 12.1 Å². The summed E-state index contributed by atoms with van der Waals surface area (Å²) < 4.78 is 47.7. The number of hydrogen-bond donors (Lipinski definition) is 2. The average molecular weight is 483 g/mol. The molecule has 184 valence electrons. The second-order valence-corrected chi connectivity index (χ2v) is 8.96. The second-order valence-electron chi connectivity index (χ2n) is 8.96. The van der Waals surface area contributed by atoms with Gasteiger partial charge >= 0.3 is 12.1 Å². The third-order valence-electron chi connectivity index (χ3n) is 6.58. The minimum Gasteiger partial charge on any atom is -0.475 e. The van der Waals surface area contributed by atoms with Crippen LogP contribution in [0.1, 0.15) is 41.3 Å². The van der Waals surface area contributed by atoms with Crippen LogP contribution in [-0.4, -0.2) is 62.0 Å². The maximum atomic E-state index is 14.0. The molecule has 1 aliphatic carbocycles. The number of aliphatic carboxylic acids is 1. The van der Waals surface area contributed by atoms with Crippen LogP contribution in [0.2, 0.25) is 0 Å². The Bertz CT molecular complexity index is 1050. The van der Waals surface area contributed by atoms with E-state index in [9.17, 15) is 22.4 Å². The van der Waals surface area contributed by atoms with E-state index in [-0.39, 0.29) is 11.7 Å². The van der Waals surface area contributed by atoms with E-state index in [1.807, 2.05) is 16.7 Å². The number of carbonyl (C=O) groups excluding carboxylic acids is 1. The van der Waals surface area contributed by atoms with Gasteiger partial charge in [0, 0.05) is 44.2 Å². The lowest BCUT2D eigenvalue weighted by atomic mass is 9.89. The Morgan fingerprint density at radius 2 is 1.76 bits per heavy atom. The number of carbonyl (C=O) groups is 2. The molecule has 3 heterocycles. The molecular formula is C22H25F4N5O3. The molecule has 1 aromatic carbocycles. The first-order valence-electron chi connectivity index (χ1n) is 11.1. The predicted molar refractivity (Wildman–Crippen MR) is 111 cm³/mol. The van der Waals surface area contributed by atoms with E-state index in [0.29, 0.717) is 30.2 Å². The molecule has 3 aliphatic rings. The van der Waals surface area contributed by atoms with Crippen LogP contribution in [0.3, 0.4) is 0 Å². The number of benzene rings is 1. The van der Waals surface area contributed by atoms with Crippen LogP contribution in [0.5, 0.6) is 0 Å². The summed E-state index contributed by atoms with van der Waals surface area (Å²) in [5, 5.41) is 18.6. The van der Waals surface area contributed by atoms with E-state index in [4.69, 9.17) is 9.90 Å². The summed E-state index contributed by atoms with van der Waals surface area (Å²) in [4.78, 5) is 23.7. The van der Waals surface area contributed by atoms with Gasteiger partial charge in [-0.1, -0.05) is 18.2 Å². The first-order valence-corrected chi connectivity index (χ1v) is 11.1. The van der Waals surface area contributed by atoms with E-state index in [2.05, 4.69) is 20.4 Å². The molecule has 12 heteroatoms. The number of rotatable bonds is 4. The molecule has 2 atom stereocenters. The molecular weight excluding hydrogens is 458 g/mol. The third-order valence-corrected chi connectivity index (χ3v) is 6.58. The fourth-order valence-electron chi connectivity index (χ4n) is 4.59. The van der Waals surface area contributed by atoms with Crippen LogP contribution in [0.4, 0.5) is 17.6 Å². The number of nitrogens with zero attached hydrogens (tertiary/aromatic N) is 4. The zero-order chi connectivity index (χ0) is 24.5. The summed E-state index contributed by atoms with van der Waals surface area (Å²) in [7, 11) is 0. The van der Waals surface area contributed by atoms with Gasteiger partial charge in [0.15, 0.2) is 0 Å². The molecule has 2 aliphatic heterocycles. The van der Waals surface area contributed by atoms with Crippen LogP contribution >= 0.6 is 0 Å². The summed E-state index contributed by atoms with van der Waals surface area (Å²) in [6.07, 6.45) is -0.947. The summed E-state index contributed by atoms with van der Waals surface area (Å²) in [6.45, 7) is 3.26. The second kappa shape index (κ2) is 9.69. The van der Waals surface area contributed by atoms with E-state index in [1.54, 1.807) is 6.07 Å². The van der Waals surface area contributed by atoms with Gasteiger partial charge in [-0.3, -0.25) is 9.69 Å². The lowest BCUT2D eigenvalue weighted by molar-refractivity contribution is -0.192. The van der Waals surface area contributed by atoms with Gasteiger partial charge in [0.1, 0.15) is 11.6 Å². The Kier molecular flexibility index (Phi) is 6.87. The highest BCUT2D eigenvalue weighted by Gasteiger charge is 2.40. The molecule has 1 amide bonds. The van der Waals surface area contributed by atoms with Crippen LogP contribution in [0.25, 0.3) is 0 Å². The highest BCUT2D eigenvalue weighted by molar-refractivity contribution is 5.91. The van der Waals surface area contributed by atoms with E-state index in [0.717, 1.165) is 50.3 Å². The average Bonchev–Trinajstić information content (AvgIpc) is 3.33. The molecule has 1 saturated heterocycles. The lowest BCUT2D eigenvalue weighted by Crippen LogP contribution is -2.41. The Morgan fingerprint density at radius 1 is 1.09 bits per heavy atom. The number of carboxylic acid groups (broad SMARTS) is 1. The summed E-state index contributed by atoms with van der Waals surface area (Å²) in [5.74, 6) is -0.692. The van der Waals surface area contributed by atoms with E-state index >= 15 is 0 Å². The zero-order valence-electron chi connectivity index (χ0n) is 18.3. The molecule has 2 N–H and O–H groups in total. The molecule has 2 unspecified atom stereocenters. The molecule has 0 spiro atoms. The van der Waals surface area contributed by atoms with Crippen LogP contribution in [0, 0.1) is 17.7 Å².